The SMILES string of the molecule is CCN(CC)C(CC)(CC)C(NC)c1ccc(F)c(F)c1. The molecular formula is C17H28F2N2. The summed E-state index contributed by atoms with van der Waals surface area (Å²) in [4.78, 5) is 2.41. The predicted octanol–water partition coefficient (Wildman–Crippen LogP) is 4.13. The summed E-state index contributed by atoms with van der Waals surface area (Å²) in [5.74, 6) is -1.58. The third-order valence-corrected chi connectivity index (χ3v) is 4.72. The van der Waals surface area contributed by atoms with Crippen molar-refractivity contribution < 1.29 is 8.78 Å². The molecule has 1 rings (SSSR count). The Morgan fingerprint density at radius 2 is 1.62 bits per heavy atom. The molecule has 0 saturated carbocycles. The summed E-state index contributed by atoms with van der Waals surface area (Å²) in [6, 6.07) is 4.18. The molecule has 1 N–H and O–H groups in total. The molecule has 0 saturated heterocycles. The molecule has 120 valence electrons. The third kappa shape index (κ3) is 3.43. The van der Waals surface area contributed by atoms with Crippen LogP contribution >= 0.6 is 0 Å². The minimum Gasteiger partial charge on any atom is -0.311 e. The lowest BCUT2D eigenvalue weighted by Gasteiger charge is -2.48. The lowest BCUT2D eigenvalue weighted by molar-refractivity contribution is 0.0513. The van der Waals surface area contributed by atoms with Crippen LogP contribution in [0.4, 0.5) is 8.78 Å². The van der Waals surface area contributed by atoms with E-state index in [0.29, 0.717) is 0 Å². The molecule has 1 unspecified atom stereocenters. The molecule has 1 atom stereocenters. The first-order chi connectivity index (χ1) is 10.00. The van der Waals surface area contributed by atoms with Gasteiger partial charge in [-0.2, -0.15) is 0 Å². The minimum absolute atomic E-state index is 0.0394. The van der Waals surface area contributed by atoms with Gasteiger partial charge in [0.2, 0.25) is 0 Å². The zero-order chi connectivity index (χ0) is 16.0. The number of halogens is 2. The molecule has 0 aliphatic rings. The number of nitrogens with one attached hydrogen (secondary N) is 1. The number of nitrogens with zero attached hydrogens (tertiary/aromatic N) is 1. The molecule has 0 fully saturated rings. The Balaban J connectivity index is 3.33. The van der Waals surface area contributed by atoms with Crippen LogP contribution in [0.3, 0.4) is 0 Å². The summed E-state index contributed by atoms with van der Waals surface area (Å²) in [5.41, 5.74) is 0.690. The number of hydrogen-bond acceptors (Lipinski definition) is 2. The van der Waals surface area contributed by atoms with Crippen LogP contribution < -0.4 is 5.32 Å². The van der Waals surface area contributed by atoms with E-state index in [2.05, 4.69) is 37.9 Å². The van der Waals surface area contributed by atoms with Crippen LogP contribution in [0.25, 0.3) is 0 Å². The fraction of sp³-hybridized carbons (Fsp3) is 0.647. The second-order valence-electron chi connectivity index (χ2n) is 5.38. The average Bonchev–Trinajstić information content (AvgIpc) is 2.50. The van der Waals surface area contributed by atoms with Crippen LogP contribution in [0, 0.1) is 11.6 Å². The highest BCUT2D eigenvalue weighted by Crippen LogP contribution is 2.37. The maximum Gasteiger partial charge on any atom is 0.159 e. The molecule has 0 aliphatic carbocycles. The molecule has 0 bridgehead atoms. The summed E-state index contributed by atoms with van der Waals surface area (Å²) in [6.45, 7) is 10.5. The quantitative estimate of drug-likeness (QED) is 0.776. The lowest BCUT2D eigenvalue weighted by atomic mass is 9.79. The van der Waals surface area contributed by atoms with E-state index in [0.717, 1.165) is 31.5 Å². The number of hydrogen-bond donors (Lipinski definition) is 1. The van der Waals surface area contributed by atoms with Crippen LogP contribution in [0.15, 0.2) is 18.2 Å². The third-order valence-electron chi connectivity index (χ3n) is 4.72. The monoisotopic (exact) mass is 298 g/mol. The van der Waals surface area contributed by atoms with Gasteiger partial charge in [0.1, 0.15) is 0 Å². The topological polar surface area (TPSA) is 15.3 Å². The second-order valence-corrected chi connectivity index (χ2v) is 5.38. The largest absolute Gasteiger partial charge is 0.311 e. The fourth-order valence-electron chi connectivity index (χ4n) is 3.58. The van der Waals surface area contributed by atoms with Gasteiger partial charge in [-0.1, -0.05) is 33.8 Å². The zero-order valence-electron chi connectivity index (χ0n) is 13.8. The first-order valence-corrected chi connectivity index (χ1v) is 7.87. The average molecular weight is 298 g/mol. The van der Waals surface area contributed by atoms with Gasteiger partial charge in [0.05, 0.1) is 6.04 Å². The van der Waals surface area contributed by atoms with E-state index in [4.69, 9.17) is 0 Å². The van der Waals surface area contributed by atoms with E-state index < -0.39 is 11.6 Å². The van der Waals surface area contributed by atoms with E-state index >= 15 is 0 Å². The molecule has 21 heavy (non-hydrogen) atoms. The Labute approximate surface area is 127 Å². The Bertz CT molecular complexity index is 440. The molecule has 1 aromatic rings. The van der Waals surface area contributed by atoms with Gasteiger partial charge < -0.3 is 5.32 Å². The Hall–Kier alpha value is -1.00. The smallest absolute Gasteiger partial charge is 0.159 e. The van der Waals surface area contributed by atoms with E-state index in [-0.39, 0.29) is 11.6 Å². The second kappa shape index (κ2) is 7.85. The molecule has 0 spiro atoms. The van der Waals surface area contributed by atoms with Gasteiger partial charge in [-0.15, -0.1) is 0 Å². The highest BCUT2D eigenvalue weighted by molar-refractivity contribution is 5.25. The van der Waals surface area contributed by atoms with Crippen LogP contribution in [0.5, 0.6) is 0 Å². The minimum atomic E-state index is -0.796. The zero-order valence-corrected chi connectivity index (χ0v) is 13.8. The van der Waals surface area contributed by atoms with E-state index in [1.54, 1.807) is 6.07 Å². The van der Waals surface area contributed by atoms with E-state index in [9.17, 15) is 8.78 Å². The molecule has 0 aliphatic heterocycles. The maximum atomic E-state index is 13.6. The standard InChI is InChI=1S/C17H28F2N2/c1-6-17(7-2,21(8-3)9-4)16(20-5)13-10-11-14(18)15(19)12-13/h10-12,16,20H,6-9H2,1-5H3. The van der Waals surface area contributed by atoms with Crippen molar-refractivity contribution in [3.63, 3.8) is 0 Å². The van der Waals surface area contributed by atoms with Crippen molar-refractivity contribution in [2.75, 3.05) is 20.1 Å². The fourth-order valence-corrected chi connectivity index (χ4v) is 3.58. The van der Waals surface area contributed by atoms with Crippen molar-refractivity contribution in [2.45, 2.75) is 52.1 Å². The van der Waals surface area contributed by atoms with Crippen molar-refractivity contribution in [3.05, 3.63) is 35.4 Å². The summed E-state index contributed by atoms with van der Waals surface area (Å²) in [5, 5.41) is 3.33. The summed E-state index contributed by atoms with van der Waals surface area (Å²) in [7, 11) is 1.88. The maximum absolute atomic E-state index is 13.6. The first kappa shape index (κ1) is 18.1. The number of likely N-dealkylation sites (N-methyl/N-ethyl adjacent to an activating group) is 2. The Morgan fingerprint density at radius 1 is 1.05 bits per heavy atom. The number of rotatable bonds is 8. The van der Waals surface area contributed by atoms with Crippen molar-refractivity contribution in [1.82, 2.24) is 10.2 Å². The highest BCUT2D eigenvalue weighted by atomic mass is 19.2. The van der Waals surface area contributed by atoms with Gasteiger partial charge in [0, 0.05) is 5.54 Å². The molecule has 1 aromatic carbocycles. The van der Waals surface area contributed by atoms with Gasteiger partial charge in [-0.3, -0.25) is 4.90 Å². The lowest BCUT2D eigenvalue weighted by Crippen LogP contribution is -2.55. The van der Waals surface area contributed by atoms with Gasteiger partial charge in [0.15, 0.2) is 11.6 Å². The molecular weight excluding hydrogens is 270 g/mol. The summed E-state index contributed by atoms with van der Waals surface area (Å²) >= 11 is 0. The molecule has 4 heteroatoms. The van der Waals surface area contributed by atoms with Gasteiger partial charge in [-0.05, 0) is 50.7 Å². The summed E-state index contributed by atoms with van der Waals surface area (Å²) < 4.78 is 26.8. The van der Waals surface area contributed by atoms with Crippen molar-refractivity contribution >= 4 is 0 Å². The predicted molar refractivity (Wildman–Crippen MR) is 84.4 cm³/mol. The normalized spacial score (nSPS) is 13.7. The van der Waals surface area contributed by atoms with Crippen LogP contribution in [0.1, 0.15) is 52.1 Å². The van der Waals surface area contributed by atoms with E-state index in [1.807, 2.05) is 7.05 Å². The number of benzene rings is 1. The van der Waals surface area contributed by atoms with Gasteiger partial charge in [0.25, 0.3) is 0 Å². The van der Waals surface area contributed by atoms with E-state index in [1.165, 1.54) is 12.1 Å². The molecule has 0 radical (unpaired) electrons. The van der Waals surface area contributed by atoms with Crippen LogP contribution in [-0.4, -0.2) is 30.6 Å². The molecule has 0 heterocycles. The van der Waals surface area contributed by atoms with Gasteiger partial charge in [-0.25, -0.2) is 8.78 Å². The van der Waals surface area contributed by atoms with Crippen molar-refractivity contribution in [1.29, 1.82) is 0 Å². The van der Waals surface area contributed by atoms with Crippen molar-refractivity contribution in [3.8, 4) is 0 Å². The summed E-state index contributed by atoms with van der Waals surface area (Å²) in [6.07, 6.45) is 1.88. The molecule has 0 amide bonds. The van der Waals surface area contributed by atoms with Gasteiger partial charge >= 0.3 is 0 Å². The first-order valence-electron chi connectivity index (χ1n) is 7.87. The molecule has 2 nitrogen and oxygen atoms in total. The van der Waals surface area contributed by atoms with Crippen LogP contribution in [0.2, 0.25) is 0 Å². The highest BCUT2D eigenvalue weighted by Gasteiger charge is 2.40. The Morgan fingerprint density at radius 3 is 2.00 bits per heavy atom. The van der Waals surface area contributed by atoms with Crippen LogP contribution in [-0.2, 0) is 0 Å². The molecule has 0 aromatic heterocycles. The Kier molecular flexibility index (Phi) is 6.75. The van der Waals surface area contributed by atoms with Crippen molar-refractivity contribution in [2.24, 2.45) is 0 Å².